The van der Waals surface area contributed by atoms with Crippen molar-refractivity contribution in [2.24, 2.45) is 0 Å². The second-order valence-electron chi connectivity index (χ2n) is 4.66. The van der Waals surface area contributed by atoms with Crippen molar-refractivity contribution in [3.05, 3.63) is 24.3 Å². The molecule has 2 aromatic rings. The molecule has 20 heavy (non-hydrogen) atoms. The highest BCUT2D eigenvalue weighted by Crippen LogP contribution is 2.29. The van der Waals surface area contributed by atoms with Crippen molar-refractivity contribution < 1.29 is 15.0 Å². The number of carbonyl (C=O) groups is 1. The van der Waals surface area contributed by atoms with Gasteiger partial charge in [0.05, 0.1) is 34.7 Å². The van der Waals surface area contributed by atoms with E-state index >= 15 is 0 Å². The van der Waals surface area contributed by atoms with E-state index in [0.29, 0.717) is 0 Å². The Kier molecular flexibility index (Phi) is 4.98. The first-order chi connectivity index (χ1) is 9.56. The van der Waals surface area contributed by atoms with Gasteiger partial charge in [-0.15, -0.1) is 11.3 Å². The fourth-order valence-corrected chi connectivity index (χ4v) is 3.41. The van der Waals surface area contributed by atoms with Gasteiger partial charge in [-0.3, -0.25) is 4.79 Å². The Labute approximate surface area is 125 Å². The van der Waals surface area contributed by atoms with Crippen LogP contribution in [0.2, 0.25) is 0 Å². The Morgan fingerprint density at radius 3 is 2.75 bits per heavy atom. The molecule has 1 aromatic heterocycles. The molecule has 0 aliphatic heterocycles. The van der Waals surface area contributed by atoms with E-state index in [9.17, 15) is 4.79 Å². The first kappa shape index (κ1) is 15.2. The van der Waals surface area contributed by atoms with Gasteiger partial charge in [0.1, 0.15) is 0 Å². The van der Waals surface area contributed by atoms with Crippen LogP contribution in [0.25, 0.3) is 10.2 Å². The van der Waals surface area contributed by atoms with Gasteiger partial charge in [-0.1, -0.05) is 23.9 Å². The number of fused-ring (bicyclic) bond motifs is 1. The Balaban J connectivity index is 1.93. The van der Waals surface area contributed by atoms with Crippen molar-refractivity contribution >= 4 is 39.2 Å². The Bertz CT molecular complexity index is 563. The van der Waals surface area contributed by atoms with Crippen molar-refractivity contribution in [1.29, 1.82) is 0 Å². The minimum Gasteiger partial charge on any atom is -0.394 e. The maximum Gasteiger partial charge on any atom is 0.231 e. The number of thioether (sulfide) groups is 1. The summed E-state index contributed by atoms with van der Waals surface area (Å²) < 4.78 is 1.92. The summed E-state index contributed by atoms with van der Waals surface area (Å²) in [6.45, 7) is 0.981. The third-order valence-corrected chi connectivity index (χ3v) is 4.92. The van der Waals surface area contributed by atoms with Crippen LogP contribution in [0.1, 0.15) is 6.92 Å². The van der Waals surface area contributed by atoms with Gasteiger partial charge < -0.3 is 15.5 Å². The summed E-state index contributed by atoms with van der Waals surface area (Å²) in [5.41, 5.74) is -0.0541. The third-order valence-electron chi connectivity index (χ3n) is 2.74. The van der Waals surface area contributed by atoms with Crippen LogP contribution in [-0.2, 0) is 4.79 Å². The van der Waals surface area contributed by atoms with E-state index in [4.69, 9.17) is 10.2 Å². The molecule has 0 saturated carbocycles. The Morgan fingerprint density at radius 1 is 1.40 bits per heavy atom. The summed E-state index contributed by atoms with van der Waals surface area (Å²) in [7, 11) is 0. The molecule has 0 atom stereocenters. The zero-order valence-electron chi connectivity index (χ0n) is 11.0. The number of amides is 1. The molecule has 0 aliphatic carbocycles. The van der Waals surface area contributed by atoms with Crippen LogP contribution in [0.15, 0.2) is 28.6 Å². The van der Waals surface area contributed by atoms with Crippen molar-refractivity contribution in [2.75, 3.05) is 19.0 Å². The molecule has 1 aromatic carbocycles. The molecule has 2 rings (SSSR count). The maximum atomic E-state index is 11.8. The molecule has 0 radical (unpaired) electrons. The molecule has 108 valence electrons. The fraction of sp³-hybridized carbons (Fsp3) is 0.385. The number of hydrogen-bond acceptors (Lipinski definition) is 6. The number of nitrogens with zero attached hydrogens (tertiary/aromatic N) is 1. The number of thiazole rings is 1. The maximum absolute atomic E-state index is 11.8. The zero-order chi connectivity index (χ0) is 14.6. The van der Waals surface area contributed by atoms with E-state index < -0.39 is 5.54 Å². The van der Waals surface area contributed by atoms with Gasteiger partial charge in [-0.2, -0.15) is 0 Å². The van der Waals surface area contributed by atoms with Crippen LogP contribution in [0.5, 0.6) is 0 Å². The van der Waals surface area contributed by atoms with Gasteiger partial charge in [-0.05, 0) is 19.1 Å². The summed E-state index contributed by atoms with van der Waals surface area (Å²) in [6.07, 6.45) is 0. The van der Waals surface area contributed by atoms with Crippen LogP contribution in [-0.4, -0.2) is 45.6 Å². The molecule has 0 saturated heterocycles. The van der Waals surface area contributed by atoms with Crippen molar-refractivity contribution in [3.8, 4) is 0 Å². The molecule has 1 amide bonds. The molecule has 0 aliphatic rings. The number of para-hydroxylation sites is 1. The normalized spacial score (nSPS) is 11.8. The van der Waals surface area contributed by atoms with E-state index in [-0.39, 0.29) is 24.9 Å². The van der Waals surface area contributed by atoms with Gasteiger partial charge in [-0.25, -0.2) is 4.98 Å². The minimum atomic E-state index is -0.981. The second kappa shape index (κ2) is 6.53. The van der Waals surface area contributed by atoms with Gasteiger partial charge in [0, 0.05) is 0 Å². The van der Waals surface area contributed by atoms with Crippen molar-refractivity contribution in [2.45, 2.75) is 16.8 Å². The van der Waals surface area contributed by atoms with Crippen LogP contribution < -0.4 is 5.32 Å². The molecule has 0 fully saturated rings. The summed E-state index contributed by atoms with van der Waals surface area (Å²) in [6, 6.07) is 7.81. The van der Waals surface area contributed by atoms with Gasteiger partial charge in [0.25, 0.3) is 0 Å². The number of aromatic nitrogens is 1. The molecule has 3 N–H and O–H groups in total. The molecule has 5 nitrogen and oxygen atoms in total. The molecule has 0 unspecified atom stereocenters. The predicted molar refractivity (Wildman–Crippen MR) is 81.1 cm³/mol. The molecular formula is C13H16N2O3S2. The van der Waals surface area contributed by atoms with E-state index in [0.717, 1.165) is 14.6 Å². The average molecular weight is 312 g/mol. The molecule has 1 heterocycles. The second-order valence-corrected chi connectivity index (χ2v) is 6.91. The summed E-state index contributed by atoms with van der Waals surface area (Å²) in [4.78, 5) is 16.2. The Hall–Kier alpha value is -1.15. The lowest BCUT2D eigenvalue weighted by atomic mass is 10.1. The summed E-state index contributed by atoms with van der Waals surface area (Å²) in [5.74, 6) is -0.0325. The highest BCUT2D eigenvalue weighted by molar-refractivity contribution is 8.01. The SMILES string of the molecule is CC(CO)(CO)NC(=O)CSc1nc2ccccc2s1. The number of carbonyl (C=O) groups excluding carboxylic acids is 1. The van der Waals surface area contributed by atoms with Crippen molar-refractivity contribution in [3.63, 3.8) is 0 Å². The topological polar surface area (TPSA) is 82.5 Å². The fourth-order valence-electron chi connectivity index (χ4n) is 1.54. The molecule has 7 heteroatoms. The molecule has 0 spiro atoms. The number of aliphatic hydroxyl groups excluding tert-OH is 2. The lowest BCUT2D eigenvalue weighted by Crippen LogP contribution is -2.52. The van der Waals surface area contributed by atoms with E-state index in [1.165, 1.54) is 11.8 Å². The number of hydrogen-bond donors (Lipinski definition) is 3. The van der Waals surface area contributed by atoms with Crippen molar-refractivity contribution in [1.82, 2.24) is 10.3 Å². The monoisotopic (exact) mass is 312 g/mol. The smallest absolute Gasteiger partial charge is 0.231 e. The number of nitrogens with one attached hydrogen (secondary N) is 1. The van der Waals surface area contributed by atoms with Gasteiger partial charge >= 0.3 is 0 Å². The van der Waals surface area contributed by atoms with Crippen LogP contribution in [0, 0.1) is 0 Å². The average Bonchev–Trinajstić information content (AvgIpc) is 2.88. The van der Waals surface area contributed by atoms with Crippen LogP contribution in [0.4, 0.5) is 0 Å². The van der Waals surface area contributed by atoms with Gasteiger partial charge in [0.15, 0.2) is 4.34 Å². The van der Waals surface area contributed by atoms with E-state index in [2.05, 4.69) is 10.3 Å². The number of aliphatic hydroxyl groups is 2. The predicted octanol–water partition coefficient (Wildman–Crippen LogP) is 1.25. The largest absolute Gasteiger partial charge is 0.394 e. The number of rotatable bonds is 6. The van der Waals surface area contributed by atoms with Crippen LogP contribution >= 0.6 is 23.1 Å². The highest BCUT2D eigenvalue weighted by atomic mass is 32.2. The van der Waals surface area contributed by atoms with E-state index in [1.54, 1.807) is 18.3 Å². The van der Waals surface area contributed by atoms with Crippen LogP contribution in [0.3, 0.4) is 0 Å². The number of benzene rings is 1. The summed E-state index contributed by atoms with van der Waals surface area (Å²) in [5, 5.41) is 20.9. The van der Waals surface area contributed by atoms with Gasteiger partial charge in [0.2, 0.25) is 5.91 Å². The van der Waals surface area contributed by atoms with E-state index in [1.807, 2.05) is 24.3 Å². The lowest BCUT2D eigenvalue weighted by molar-refractivity contribution is -0.121. The quantitative estimate of drug-likeness (QED) is 0.699. The minimum absolute atomic E-state index is 0.204. The molecular weight excluding hydrogens is 296 g/mol. The zero-order valence-corrected chi connectivity index (χ0v) is 12.6. The third kappa shape index (κ3) is 3.69. The highest BCUT2D eigenvalue weighted by Gasteiger charge is 2.24. The standard InChI is InChI=1S/C13H16N2O3S2/c1-13(7-16,8-17)15-11(18)6-19-12-14-9-4-2-3-5-10(9)20-12/h2-5,16-17H,6-8H2,1H3,(H,15,18). The first-order valence-electron chi connectivity index (χ1n) is 6.07. The summed E-state index contributed by atoms with van der Waals surface area (Å²) >= 11 is 2.89. The lowest BCUT2D eigenvalue weighted by Gasteiger charge is -2.25. The molecule has 0 bridgehead atoms. The first-order valence-corrected chi connectivity index (χ1v) is 7.87. The Morgan fingerprint density at radius 2 is 2.10 bits per heavy atom.